The van der Waals surface area contributed by atoms with Gasteiger partial charge < -0.3 is 26.5 Å². The Hall–Kier alpha value is -1.62. The van der Waals surface area contributed by atoms with E-state index < -0.39 is 6.03 Å². The van der Waals surface area contributed by atoms with E-state index in [1.54, 1.807) is 6.07 Å². The zero-order chi connectivity index (χ0) is 11.3. The van der Waals surface area contributed by atoms with E-state index in [9.17, 15) is 9.90 Å². The molecule has 0 aliphatic rings. The van der Waals surface area contributed by atoms with Crippen LogP contribution in [0.2, 0.25) is 0 Å². The number of benzene rings is 1. The van der Waals surface area contributed by atoms with Crippen molar-refractivity contribution in [2.45, 2.75) is 0 Å². The normalized spacial score (nSPS) is 9.00. The van der Waals surface area contributed by atoms with Crippen LogP contribution in [-0.2, 0) is 25.9 Å². The van der Waals surface area contributed by atoms with Crippen LogP contribution in [0.1, 0.15) is 5.56 Å². The number of ether oxygens (including phenoxy) is 1. The van der Waals surface area contributed by atoms with Crippen molar-refractivity contribution in [2.24, 2.45) is 10.8 Å². The van der Waals surface area contributed by atoms with Gasteiger partial charge in [0, 0.05) is 6.21 Å². The van der Waals surface area contributed by atoms with Crippen LogP contribution in [-0.4, -0.2) is 19.4 Å². The fourth-order valence-corrected chi connectivity index (χ4v) is 0.943. The predicted octanol–water partition coefficient (Wildman–Crippen LogP) is -0.369. The molecule has 1 rings (SSSR count). The minimum absolute atomic E-state index is 0. The van der Waals surface area contributed by atoms with Gasteiger partial charge >= 0.3 is 20.4 Å². The van der Waals surface area contributed by atoms with Crippen molar-refractivity contribution in [3.8, 4) is 11.5 Å². The topological polar surface area (TPSA) is 135 Å². The molecular weight excluding hydrogens is 321 g/mol. The molecule has 0 spiro atoms. The molecule has 1 aromatic rings. The van der Waals surface area contributed by atoms with Crippen molar-refractivity contribution in [2.75, 3.05) is 7.11 Å². The van der Waals surface area contributed by atoms with Gasteiger partial charge in [0.25, 0.3) is 0 Å². The smallest absolute Gasteiger partial charge is 0.870 e. The number of nitrogens with two attached hydrogens (primary N) is 1. The molecule has 0 radical (unpaired) electrons. The Labute approximate surface area is 112 Å². The van der Waals surface area contributed by atoms with Crippen molar-refractivity contribution >= 4 is 12.2 Å². The molecule has 7 nitrogen and oxygen atoms in total. The number of nitrogens with zero attached hydrogens (tertiary/aromatic N) is 2. The quantitative estimate of drug-likeness (QED) is 0.350. The molecule has 17 heavy (non-hydrogen) atoms. The van der Waals surface area contributed by atoms with Gasteiger partial charge in [-0.1, -0.05) is 17.9 Å². The van der Waals surface area contributed by atoms with Gasteiger partial charge in [-0.05, 0) is 11.6 Å². The first-order chi connectivity index (χ1) is 7.15. The summed E-state index contributed by atoms with van der Waals surface area (Å²) < 4.78 is 4.82. The second-order valence-corrected chi connectivity index (χ2v) is 2.56. The average Bonchev–Trinajstić information content (AvgIpc) is 2.20. The van der Waals surface area contributed by atoms with E-state index in [1.165, 1.54) is 19.2 Å². The van der Waals surface area contributed by atoms with Crippen LogP contribution in [0.5, 0.6) is 11.5 Å². The van der Waals surface area contributed by atoms with E-state index in [-0.39, 0.29) is 43.0 Å². The zero-order valence-electron chi connectivity index (χ0n) is 8.90. The Morgan fingerprint density at radius 1 is 1.59 bits per heavy atom. The van der Waals surface area contributed by atoms with Crippen LogP contribution >= 0.6 is 0 Å². The van der Waals surface area contributed by atoms with Crippen LogP contribution in [0.25, 0.3) is 5.43 Å². The van der Waals surface area contributed by atoms with Crippen molar-refractivity contribution in [3.05, 3.63) is 29.2 Å². The largest absolute Gasteiger partial charge is 2.00 e. The predicted molar refractivity (Wildman–Crippen MR) is 57.8 cm³/mol. The average molecular weight is 333 g/mol. The molecule has 2 amide bonds. The van der Waals surface area contributed by atoms with Crippen LogP contribution < -0.4 is 15.6 Å². The second-order valence-electron chi connectivity index (χ2n) is 2.56. The SMILES string of the molecule is COc1cccc(/C=N/[N-]C(N)=O)c1[O-].[OH3+].[Pd+2]. The molecule has 0 saturated carbocycles. The van der Waals surface area contributed by atoms with Gasteiger partial charge in [-0.15, -0.1) is 0 Å². The number of rotatable bonds is 3. The summed E-state index contributed by atoms with van der Waals surface area (Å²) in [5, 5.41) is 14.8. The summed E-state index contributed by atoms with van der Waals surface area (Å²) >= 11 is 0. The third-order valence-electron chi connectivity index (χ3n) is 1.58. The number of hydrogen-bond donors (Lipinski definition) is 1. The van der Waals surface area contributed by atoms with Gasteiger partial charge in [0.1, 0.15) is 5.75 Å². The summed E-state index contributed by atoms with van der Waals surface area (Å²) in [5.41, 5.74) is 8.05. The first-order valence-electron chi connectivity index (χ1n) is 4.02. The van der Waals surface area contributed by atoms with Gasteiger partial charge in [0.2, 0.25) is 0 Å². The standard InChI is InChI=1S/C9H11N3O3.H2O.Pd/c1-15-7-4-2-3-6(8(7)13)5-11-12-9(10)14;;/h2-5H,1H3,(H4,10,11,12,13,14);1H2;/q;;+2/p-1. The molecule has 96 valence electrons. The van der Waals surface area contributed by atoms with E-state index in [0.717, 1.165) is 6.21 Å². The summed E-state index contributed by atoms with van der Waals surface area (Å²) in [6.07, 6.45) is 1.15. The van der Waals surface area contributed by atoms with Gasteiger partial charge in [0.15, 0.2) is 6.03 Å². The van der Waals surface area contributed by atoms with Crippen LogP contribution in [0.4, 0.5) is 4.79 Å². The maximum absolute atomic E-state index is 11.5. The molecule has 1 aromatic carbocycles. The van der Waals surface area contributed by atoms with E-state index >= 15 is 0 Å². The van der Waals surface area contributed by atoms with Gasteiger partial charge in [0.05, 0.1) is 7.11 Å². The summed E-state index contributed by atoms with van der Waals surface area (Å²) in [6, 6.07) is 3.78. The number of carbonyl (C=O) groups is 1. The van der Waals surface area contributed by atoms with Crippen molar-refractivity contribution < 1.29 is 40.5 Å². The number of amides is 2. The summed E-state index contributed by atoms with van der Waals surface area (Å²) in [4.78, 5) is 10.2. The molecule has 0 heterocycles. The fourth-order valence-electron chi connectivity index (χ4n) is 0.943. The third-order valence-corrected chi connectivity index (χ3v) is 1.58. The first-order valence-corrected chi connectivity index (χ1v) is 4.02. The fraction of sp³-hybridized carbons (Fsp3) is 0.111. The Balaban J connectivity index is 0. The molecule has 8 heteroatoms. The second kappa shape index (κ2) is 8.52. The van der Waals surface area contributed by atoms with E-state index in [0.29, 0.717) is 0 Å². The number of carbonyl (C=O) groups excluding carboxylic acids is 1. The molecule has 5 N–H and O–H groups in total. The van der Waals surface area contributed by atoms with Crippen LogP contribution in [0.3, 0.4) is 0 Å². The van der Waals surface area contributed by atoms with Crippen molar-refractivity contribution in [3.63, 3.8) is 0 Å². The van der Waals surface area contributed by atoms with Crippen molar-refractivity contribution in [1.29, 1.82) is 0 Å². The third kappa shape index (κ3) is 5.31. The van der Waals surface area contributed by atoms with Crippen molar-refractivity contribution in [1.82, 2.24) is 0 Å². The molecular formula is C9H12N3O4Pd+. The number of hydrogen-bond acceptors (Lipinski definition) is 4. The molecule has 0 unspecified atom stereocenters. The monoisotopic (exact) mass is 332 g/mol. The Bertz CT molecular complexity index is 398. The maximum Gasteiger partial charge on any atom is 2.00 e. The number of urea groups is 1. The minimum atomic E-state index is -0.915. The number of para-hydroxylation sites is 1. The minimum Gasteiger partial charge on any atom is -0.870 e. The Kier molecular flexibility index (Phi) is 8.91. The van der Waals surface area contributed by atoms with E-state index in [4.69, 9.17) is 10.5 Å². The number of methoxy groups -OCH3 is 1. The molecule has 0 fully saturated rings. The molecule has 0 aliphatic carbocycles. The molecule has 0 aliphatic heterocycles. The van der Waals surface area contributed by atoms with E-state index in [1.807, 2.05) is 0 Å². The van der Waals surface area contributed by atoms with Gasteiger partial charge in [-0.2, -0.15) is 0 Å². The molecule has 0 atom stereocenters. The molecule has 0 bridgehead atoms. The Morgan fingerprint density at radius 2 is 2.24 bits per heavy atom. The van der Waals surface area contributed by atoms with Gasteiger partial charge in [-0.3, -0.25) is 9.90 Å². The van der Waals surface area contributed by atoms with E-state index in [2.05, 4.69) is 10.5 Å². The summed E-state index contributed by atoms with van der Waals surface area (Å²) in [7, 11) is 1.39. The zero-order valence-corrected chi connectivity index (χ0v) is 10.5. The van der Waals surface area contributed by atoms with Crippen LogP contribution in [0.15, 0.2) is 23.3 Å². The maximum atomic E-state index is 11.5. The first kappa shape index (κ1) is 17.8. The number of primary amides is 1. The summed E-state index contributed by atoms with van der Waals surface area (Å²) in [5.74, 6) is -0.110. The molecule has 0 aromatic heterocycles. The summed E-state index contributed by atoms with van der Waals surface area (Å²) in [6.45, 7) is 0. The van der Waals surface area contributed by atoms with Gasteiger partial charge in [-0.25, -0.2) is 0 Å². The molecule has 0 saturated heterocycles. The van der Waals surface area contributed by atoms with Crippen LogP contribution in [0, 0.1) is 0 Å². The Morgan fingerprint density at radius 3 is 2.76 bits per heavy atom.